The quantitative estimate of drug-likeness (QED) is 0.882. The zero-order chi connectivity index (χ0) is 13.8. The molecule has 102 valence electrons. The van der Waals surface area contributed by atoms with Crippen molar-refractivity contribution in [1.29, 1.82) is 0 Å². The number of hydrogen-bond acceptors (Lipinski definition) is 2. The molecule has 0 aliphatic rings. The molecule has 1 N–H and O–H groups in total. The molecule has 1 aromatic carbocycles. The lowest BCUT2D eigenvalue weighted by atomic mass is 10.1. The van der Waals surface area contributed by atoms with Gasteiger partial charge in [0.05, 0.1) is 5.56 Å². The summed E-state index contributed by atoms with van der Waals surface area (Å²) in [6.45, 7) is 5.10. The summed E-state index contributed by atoms with van der Waals surface area (Å²) in [6, 6.07) is 8.91. The number of furan rings is 1. The second-order valence-corrected chi connectivity index (χ2v) is 5.47. The van der Waals surface area contributed by atoms with E-state index in [1.807, 2.05) is 12.1 Å². The van der Waals surface area contributed by atoms with Crippen molar-refractivity contribution >= 4 is 15.9 Å². The average Bonchev–Trinajstić information content (AvgIpc) is 2.81. The molecule has 0 saturated heterocycles. The van der Waals surface area contributed by atoms with E-state index in [4.69, 9.17) is 4.42 Å². The van der Waals surface area contributed by atoms with Gasteiger partial charge in [-0.15, -0.1) is 0 Å². The van der Waals surface area contributed by atoms with Crippen molar-refractivity contribution in [2.75, 3.05) is 6.54 Å². The monoisotopic (exact) mass is 325 g/mol. The number of halogens is 2. The van der Waals surface area contributed by atoms with Gasteiger partial charge in [-0.1, -0.05) is 22.9 Å². The van der Waals surface area contributed by atoms with Gasteiger partial charge < -0.3 is 9.73 Å². The number of benzene rings is 1. The fourth-order valence-electron chi connectivity index (χ4n) is 2.04. The number of hydrogen-bond donors (Lipinski definition) is 1. The number of likely N-dealkylation sites (N-methyl/N-ethyl adjacent to an activating group) is 1. The highest BCUT2D eigenvalue weighted by Gasteiger charge is 2.12. The van der Waals surface area contributed by atoms with Crippen LogP contribution >= 0.6 is 15.9 Å². The Kier molecular flexibility index (Phi) is 4.77. The van der Waals surface area contributed by atoms with Gasteiger partial charge in [0.25, 0.3) is 0 Å². The number of nitrogens with one attached hydrogen (secondary N) is 1. The molecule has 0 radical (unpaired) electrons. The molecule has 0 spiro atoms. The lowest BCUT2D eigenvalue weighted by molar-refractivity contribution is 0.468. The summed E-state index contributed by atoms with van der Waals surface area (Å²) in [6.07, 6.45) is 0.795. The van der Waals surface area contributed by atoms with Crippen LogP contribution in [0.2, 0.25) is 0 Å². The second kappa shape index (κ2) is 6.35. The van der Waals surface area contributed by atoms with Crippen LogP contribution in [0.15, 0.2) is 39.2 Å². The first-order valence-electron chi connectivity index (χ1n) is 6.37. The normalized spacial score (nSPS) is 12.6. The Balaban J connectivity index is 2.18. The van der Waals surface area contributed by atoms with Gasteiger partial charge in [-0.05, 0) is 43.8 Å². The maximum absolute atomic E-state index is 13.8. The van der Waals surface area contributed by atoms with Crippen molar-refractivity contribution in [3.63, 3.8) is 0 Å². The van der Waals surface area contributed by atoms with Crippen molar-refractivity contribution in [1.82, 2.24) is 5.32 Å². The third-order valence-electron chi connectivity index (χ3n) is 2.92. The Bertz CT molecular complexity index is 553. The lowest BCUT2D eigenvalue weighted by Gasteiger charge is -2.09. The molecule has 4 heteroatoms. The Labute approximate surface area is 121 Å². The topological polar surface area (TPSA) is 25.2 Å². The Morgan fingerprint density at radius 1 is 1.32 bits per heavy atom. The van der Waals surface area contributed by atoms with Crippen molar-refractivity contribution in [3.8, 4) is 11.3 Å². The smallest absolute Gasteiger partial charge is 0.137 e. The van der Waals surface area contributed by atoms with E-state index in [1.165, 1.54) is 6.07 Å². The van der Waals surface area contributed by atoms with E-state index < -0.39 is 0 Å². The highest BCUT2D eigenvalue weighted by Crippen LogP contribution is 2.28. The van der Waals surface area contributed by atoms with Crippen LogP contribution in [0.3, 0.4) is 0 Å². The SMILES string of the molecule is CCNC(C)Cc1ccc(-c2cc(Br)ccc2F)o1. The van der Waals surface area contributed by atoms with E-state index in [9.17, 15) is 4.39 Å². The summed E-state index contributed by atoms with van der Waals surface area (Å²) in [5, 5.41) is 3.32. The van der Waals surface area contributed by atoms with E-state index in [0.717, 1.165) is 23.2 Å². The summed E-state index contributed by atoms with van der Waals surface area (Å²) >= 11 is 3.34. The van der Waals surface area contributed by atoms with E-state index >= 15 is 0 Å². The minimum atomic E-state index is -0.274. The molecule has 0 fully saturated rings. The summed E-state index contributed by atoms with van der Waals surface area (Å²) in [5.41, 5.74) is 0.483. The van der Waals surface area contributed by atoms with Crippen LogP contribution in [0.5, 0.6) is 0 Å². The highest BCUT2D eigenvalue weighted by atomic mass is 79.9. The van der Waals surface area contributed by atoms with Gasteiger partial charge in [-0.25, -0.2) is 4.39 Å². The van der Waals surface area contributed by atoms with Gasteiger partial charge in [0, 0.05) is 16.9 Å². The molecule has 0 bridgehead atoms. The third kappa shape index (κ3) is 3.67. The molecule has 0 aliphatic carbocycles. The first-order valence-corrected chi connectivity index (χ1v) is 7.17. The molecule has 0 saturated carbocycles. The fourth-order valence-corrected chi connectivity index (χ4v) is 2.40. The van der Waals surface area contributed by atoms with Crippen molar-refractivity contribution < 1.29 is 8.81 Å². The molecule has 0 amide bonds. The summed E-state index contributed by atoms with van der Waals surface area (Å²) in [7, 11) is 0. The van der Waals surface area contributed by atoms with Crippen molar-refractivity contribution in [2.45, 2.75) is 26.3 Å². The van der Waals surface area contributed by atoms with E-state index in [-0.39, 0.29) is 5.82 Å². The first-order chi connectivity index (χ1) is 9.10. The molecule has 1 atom stereocenters. The van der Waals surface area contributed by atoms with Gasteiger partial charge in [0.1, 0.15) is 17.3 Å². The molecule has 0 aliphatic heterocycles. The van der Waals surface area contributed by atoms with Crippen LogP contribution < -0.4 is 5.32 Å². The van der Waals surface area contributed by atoms with Crippen molar-refractivity contribution in [3.05, 3.63) is 46.4 Å². The molecular formula is C15H17BrFNO. The number of rotatable bonds is 5. The zero-order valence-corrected chi connectivity index (χ0v) is 12.6. The molecule has 2 aromatic rings. The largest absolute Gasteiger partial charge is 0.461 e. The molecule has 2 nitrogen and oxygen atoms in total. The van der Waals surface area contributed by atoms with Crippen LogP contribution in [0.1, 0.15) is 19.6 Å². The van der Waals surface area contributed by atoms with Crippen LogP contribution in [0, 0.1) is 5.82 Å². The average molecular weight is 326 g/mol. The zero-order valence-electron chi connectivity index (χ0n) is 11.0. The van der Waals surface area contributed by atoms with Crippen LogP contribution in [-0.2, 0) is 6.42 Å². The lowest BCUT2D eigenvalue weighted by Crippen LogP contribution is -2.27. The van der Waals surface area contributed by atoms with Gasteiger partial charge >= 0.3 is 0 Å². The van der Waals surface area contributed by atoms with E-state index in [2.05, 4.69) is 35.1 Å². The molecule has 19 heavy (non-hydrogen) atoms. The molecule has 1 unspecified atom stereocenters. The standard InChI is InChI=1S/C15H17BrFNO/c1-3-18-10(2)8-12-5-7-15(19-12)13-9-11(16)4-6-14(13)17/h4-7,9-10,18H,3,8H2,1-2H3. The van der Waals surface area contributed by atoms with Gasteiger partial charge in [-0.2, -0.15) is 0 Å². The predicted molar refractivity (Wildman–Crippen MR) is 78.6 cm³/mol. The second-order valence-electron chi connectivity index (χ2n) is 4.55. The Morgan fingerprint density at radius 2 is 2.11 bits per heavy atom. The summed E-state index contributed by atoms with van der Waals surface area (Å²) in [5.74, 6) is 1.16. The third-order valence-corrected chi connectivity index (χ3v) is 3.41. The fraction of sp³-hybridized carbons (Fsp3) is 0.333. The van der Waals surface area contributed by atoms with Crippen molar-refractivity contribution in [2.24, 2.45) is 0 Å². The summed E-state index contributed by atoms with van der Waals surface area (Å²) in [4.78, 5) is 0. The van der Waals surface area contributed by atoms with E-state index in [1.54, 1.807) is 12.1 Å². The van der Waals surface area contributed by atoms with Crippen LogP contribution in [0.25, 0.3) is 11.3 Å². The van der Waals surface area contributed by atoms with Crippen LogP contribution in [0.4, 0.5) is 4.39 Å². The summed E-state index contributed by atoms with van der Waals surface area (Å²) < 4.78 is 20.3. The molecule has 1 heterocycles. The highest BCUT2D eigenvalue weighted by molar-refractivity contribution is 9.10. The minimum absolute atomic E-state index is 0.274. The maximum Gasteiger partial charge on any atom is 0.137 e. The Hall–Kier alpha value is -1.13. The van der Waals surface area contributed by atoms with E-state index in [0.29, 0.717) is 17.4 Å². The van der Waals surface area contributed by atoms with Gasteiger partial charge in [-0.3, -0.25) is 0 Å². The first kappa shape index (κ1) is 14.3. The van der Waals surface area contributed by atoms with Crippen LogP contribution in [-0.4, -0.2) is 12.6 Å². The molecule has 1 aromatic heterocycles. The minimum Gasteiger partial charge on any atom is -0.461 e. The van der Waals surface area contributed by atoms with Gasteiger partial charge in [0.2, 0.25) is 0 Å². The molecule has 2 rings (SSSR count). The maximum atomic E-state index is 13.8. The predicted octanol–water partition coefficient (Wildman–Crippen LogP) is 4.39. The Morgan fingerprint density at radius 3 is 2.84 bits per heavy atom. The molecular weight excluding hydrogens is 309 g/mol. The van der Waals surface area contributed by atoms with Gasteiger partial charge in [0.15, 0.2) is 0 Å².